The van der Waals surface area contributed by atoms with E-state index in [-0.39, 0.29) is 23.4 Å². The number of amides is 1. The number of nitrogens with zero attached hydrogens (tertiary/aromatic N) is 2. The molecule has 0 unspecified atom stereocenters. The summed E-state index contributed by atoms with van der Waals surface area (Å²) in [5, 5.41) is 3.00. The Morgan fingerprint density at radius 1 is 1.29 bits per heavy atom. The van der Waals surface area contributed by atoms with E-state index in [2.05, 4.69) is 26.2 Å². The van der Waals surface area contributed by atoms with Crippen molar-refractivity contribution in [3.8, 4) is 0 Å². The quantitative estimate of drug-likeness (QED) is 0.747. The number of carbonyl (C=O) groups excluding carboxylic acids is 1. The van der Waals surface area contributed by atoms with Crippen LogP contribution in [0.4, 0.5) is 10.1 Å². The van der Waals surface area contributed by atoms with Crippen LogP contribution in [0.5, 0.6) is 0 Å². The number of aryl methyl sites for hydroxylation is 1. The van der Waals surface area contributed by atoms with E-state index in [1.807, 2.05) is 19.1 Å². The van der Waals surface area contributed by atoms with Crippen LogP contribution in [-0.2, 0) is 11.3 Å². The largest absolute Gasteiger partial charge is 0.324 e. The molecule has 24 heavy (non-hydrogen) atoms. The third-order valence-corrected chi connectivity index (χ3v) is 4.16. The van der Waals surface area contributed by atoms with Crippen LogP contribution in [0.2, 0.25) is 0 Å². The lowest BCUT2D eigenvalue weighted by Crippen LogP contribution is -2.28. The number of rotatable bonds is 3. The first-order valence-electron chi connectivity index (χ1n) is 7.15. The third-order valence-electron chi connectivity index (χ3n) is 3.50. The molecule has 0 spiro atoms. The maximum atomic E-state index is 13.2. The Labute approximate surface area is 145 Å². The van der Waals surface area contributed by atoms with Gasteiger partial charge < -0.3 is 5.32 Å². The molecular weight excluding hydrogens is 377 g/mol. The fraction of sp³-hybridized carbons (Fsp3) is 0.118. The number of nitrogens with one attached hydrogen (secondary N) is 1. The SMILES string of the molecule is Cc1ccc(NC(=O)Cn2cnc3cc(F)ccc3c2=O)c(Br)c1. The number of anilines is 1. The first-order chi connectivity index (χ1) is 11.4. The van der Waals surface area contributed by atoms with Crippen molar-refractivity contribution in [2.45, 2.75) is 13.5 Å². The van der Waals surface area contributed by atoms with Gasteiger partial charge in [-0.1, -0.05) is 6.07 Å². The average Bonchev–Trinajstić information content (AvgIpc) is 2.53. The first kappa shape index (κ1) is 16.3. The van der Waals surface area contributed by atoms with Crippen LogP contribution in [-0.4, -0.2) is 15.5 Å². The molecule has 0 saturated carbocycles. The van der Waals surface area contributed by atoms with Gasteiger partial charge in [0.25, 0.3) is 5.56 Å². The van der Waals surface area contributed by atoms with Crippen LogP contribution in [0.1, 0.15) is 5.56 Å². The second-order valence-corrected chi connectivity index (χ2v) is 6.22. The van der Waals surface area contributed by atoms with Crippen LogP contribution in [0.15, 0.2) is 52.0 Å². The monoisotopic (exact) mass is 389 g/mol. The molecule has 1 aromatic heterocycles. The minimum absolute atomic E-state index is 0.181. The zero-order valence-electron chi connectivity index (χ0n) is 12.7. The summed E-state index contributed by atoms with van der Waals surface area (Å²) in [7, 11) is 0. The molecule has 0 aliphatic carbocycles. The molecule has 0 bridgehead atoms. The standard InChI is InChI=1S/C17H13BrFN3O2/c1-10-2-5-14(13(18)6-10)21-16(23)8-22-9-20-15-7-11(19)3-4-12(15)17(22)24/h2-7,9H,8H2,1H3,(H,21,23). The molecule has 1 heterocycles. The van der Waals surface area contributed by atoms with E-state index in [4.69, 9.17) is 0 Å². The van der Waals surface area contributed by atoms with Crippen molar-refractivity contribution in [2.75, 3.05) is 5.32 Å². The zero-order valence-corrected chi connectivity index (χ0v) is 14.3. The Morgan fingerprint density at radius 3 is 2.83 bits per heavy atom. The van der Waals surface area contributed by atoms with E-state index in [0.717, 1.165) is 10.0 Å². The lowest BCUT2D eigenvalue weighted by molar-refractivity contribution is -0.116. The van der Waals surface area contributed by atoms with Crippen LogP contribution in [0.25, 0.3) is 10.9 Å². The van der Waals surface area contributed by atoms with Crippen molar-refractivity contribution < 1.29 is 9.18 Å². The van der Waals surface area contributed by atoms with Gasteiger partial charge in [-0.3, -0.25) is 14.2 Å². The van der Waals surface area contributed by atoms with Gasteiger partial charge in [0.1, 0.15) is 12.4 Å². The molecule has 0 aliphatic rings. The van der Waals surface area contributed by atoms with E-state index in [1.165, 1.54) is 29.1 Å². The van der Waals surface area contributed by atoms with E-state index < -0.39 is 11.4 Å². The van der Waals surface area contributed by atoms with Gasteiger partial charge in [0.2, 0.25) is 5.91 Å². The third kappa shape index (κ3) is 3.35. The molecule has 0 atom stereocenters. The lowest BCUT2D eigenvalue weighted by Gasteiger charge is -2.10. The van der Waals surface area contributed by atoms with Crippen LogP contribution in [0.3, 0.4) is 0 Å². The number of fused-ring (bicyclic) bond motifs is 1. The second-order valence-electron chi connectivity index (χ2n) is 5.37. The van der Waals surface area contributed by atoms with E-state index in [1.54, 1.807) is 6.07 Å². The number of carbonyl (C=O) groups is 1. The molecule has 1 N–H and O–H groups in total. The van der Waals surface area contributed by atoms with Crippen LogP contribution in [0, 0.1) is 12.7 Å². The summed E-state index contributed by atoms with van der Waals surface area (Å²) in [5.41, 5.74) is 1.55. The van der Waals surface area contributed by atoms with Gasteiger partial charge in [0.05, 0.1) is 22.9 Å². The molecule has 0 saturated heterocycles. The number of halogens is 2. The highest BCUT2D eigenvalue weighted by molar-refractivity contribution is 9.10. The number of hydrogen-bond acceptors (Lipinski definition) is 3. The maximum absolute atomic E-state index is 13.2. The number of aromatic nitrogens is 2. The van der Waals surface area contributed by atoms with Crippen molar-refractivity contribution in [3.05, 3.63) is 68.9 Å². The molecule has 2 aromatic carbocycles. The molecular formula is C17H13BrFN3O2. The zero-order chi connectivity index (χ0) is 17.3. The van der Waals surface area contributed by atoms with Crippen molar-refractivity contribution in [1.82, 2.24) is 9.55 Å². The first-order valence-corrected chi connectivity index (χ1v) is 7.94. The Kier molecular flexibility index (Phi) is 4.44. The topological polar surface area (TPSA) is 64.0 Å². The molecule has 0 fully saturated rings. The maximum Gasteiger partial charge on any atom is 0.261 e. The molecule has 122 valence electrons. The molecule has 5 nitrogen and oxygen atoms in total. The highest BCUT2D eigenvalue weighted by Gasteiger charge is 2.10. The van der Waals surface area contributed by atoms with Gasteiger partial charge in [-0.15, -0.1) is 0 Å². The summed E-state index contributed by atoms with van der Waals surface area (Å²) in [6, 6.07) is 9.28. The smallest absolute Gasteiger partial charge is 0.261 e. The minimum Gasteiger partial charge on any atom is -0.324 e. The summed E-state index contributed by atoms with van der Waals surface area (Å²) in [6.07, 6.45) is 1.24. The molecule has 1 amide bonds. The van der Waals surface area contributed by atoms with Crippen molar-refractivity contribution in [2.24, 2.45) is 0 Å². The van der Waals surface area contributed by atoms with Crippen molar-refractivity contribution in [3.63, 3.8) is 0 Å². The number of hydrogen-bond donors (Lipinski definition) is 1. The Hall–Kier alpha value is -2.54. The minimum atomic E-state index is -0.464. The van der Waals surface area contributed by atoms with E-state index in [9.17, 15) is 14.0 Å². The fourth-order valence-corrected chi connectivity index (χ4v) is 2.90. The highest BCUT2D eigenvalue weighted by Crippen LogP contribution is 2.23. The van der Waals surface area contributed by atoms with E-state index >= 15 is 0 Å². The predicted octanol–water partition coefficient (Wildman–Crippen LogP) is 3.25. The van der Waals surface area contributed by atoms with Gasteiger partial charge in [-0.05, 0) is 52.7 Å². The van der Waals surface area contributed by atoms with Crippen molar-refractivity contribution >= 4 is 38.4 Å². The molecule has 7 heteroatoms. The molecule has 3 aromatic rings. The lowest BCUT2D eigenvalue weighted by atomic mass is 10.2. The number of benzene rings is 2. The van der Waals surface area contributed by atoms with Gasteiger partial charge in [-0.25, -0.2) is 9.37 Å². The van der Waals surface area contributed by atoms with E-state index in [0.29, 0.717) is 5.69 Å². The summed E-state index contributed by atoms with van der Waals surface area (Å²) in [6.45, 7) is 1.76. The van der Waals surface area contributed by atoms with Gasteiger partial charge in [0.15, 0.2) is 0 Å². The molecule has 3 rings (SSSR count). The Bertz CT molecular complexity index is 1000. The summed E-state index contributed by atoms with van der Waals surface area (Å²) in [5.74, 6) is -0.820. The van der Waals surface area contributed by atoms with Crippen LogP contribution >= 0.6 is 15.9 Å². The summed E-state index contributed by atoms with van der Waals surface area (Å²) in [4.78, 5) is 28.6. The normalized spacial score (nSPS) is 10.8. The Balaban J connectivity index is 1.84. The molecule has 0 radical (unpaired) electrons. The van der Waals surface area contributed by atoms with Gasteiger partial charge in [-0.2, -0.15) is 0 Å². The van der Waals surface area contributed by atoms with Crippen LogP contribution < -0.4 is 10.9 Å². The van der Waals surface area contributed by atoms with Crippen molar-refractivity contribution in [1.29, 1.82) is 0 Å². The van der Waals surface area contributed by atoms with Gasteiger partial charge in [0, 0.05) is 10.5 Å². The predicted molar refractivity (Wildman–Crippen MR) is 93.5 cm³/mol. The molecule has 0 aliphatic heterocycles. The summed E-state index contributed by atoms with van der Waals surface area (Å²) < 4.78 is 15.1. The Morgan fingerprint density at radius 2 is 2.08 bits per heavy atom. The van der Waals surface area contributed by atoms with Gasteiger partial charge >= 0.3 is 0 Å². The average molecular weight is 390 g/mol. The second kappa shape index (κ2) is 6.52. The highest BCUT2D eigenvalue weighted by atomic mass is 79.9. The fourth-order valence-electron chi connectivity index (χ4n) is 2.31. The summed E-state index contributed by atoms with van der Waals surface area (Å²) >= 11 is 3.38.